The maximum atomic E-state index is 12.2. The number of aromatic nitrogens is 2. The van der Waals surface area contributed by atoms with Crippen LogP contribution in [0.25, 0.3) is 11.0 Å². The molecule has 0 aliphatic heterocycles. The molecule has 0 atom stereocenters. The van der Waals surface area contributed by atoms with Crippen LogP contribution < -0.4 is 16.4 Å². The number of nitrogens with zero attached hydrogens (tertiary/aromatic N) is 2. The quantitative estimate of drug-likeness (QED) is 0.580. The molecule has 3 amide bonds. The Bertz CT molecular complexity index is 936. The first-order chi connectivity index (χ1) is 12.6. The molecular weight excluding hydrogens is 350 g/mol. The molecule has 0 saturated carbocycles. The number of thioether (sulfide) groups is 1. The highest BCUT2D eigenvalue weighted by Crippen LogP contribution is 2.24. The normalized spacial score (nSPS) is 10.7. The van der Waals surface area contributed by atoms with Crippen molar-refractivity contribution >= 4 is 46.1 Å². The first-order valence-corrected chi connectivity index (χ1v) is 9.10. The van der Waals surface area contributed by atoms with Crippen LogP contribution in [-0.2, 0) is 11.3 Å². The van der Waals surface area contributed by atoms with Gasteiger partial charge in [-0.3, -0.25) is 4.79 Å². The van der Waals surface area contributed by atoms with Gasteiger partial charge in [-0.2, -0.15) is 0 Å². The lowest BCUT2D eigenvalue weighted by Gasteiger charge is -2.08. The Labute approximate surface area is 155 Å². The SMILES string of the molecule is CCn1c(SCC(=O)Nc2ccc(NC(N)=O)cc2)nc2ccccc21. The predicted molar refractivity (Wildman–Crippen MR) is 104 cm³/mol. The van der Waals surface area contributed by atoms with Crippen molar-refractivity contribution in [1.29, 1.82) is 0 Å². The topological polar surface area (TPSA) is 102 Å². The molecule has 3 aromatic rings. The van der Waals surface area contributed by atoms with Gasteiger partial charge in [-0.15, -0.1) is 0 Å². The Morgan fingerprint density at radius 1 is 1.08 bits per heavy atom. The number of imidazole rings is 1. The Morgan fingerprint density at radius 2 is 1.73 bits per heavy atom. The maximum Gasteiger partial charge on any atom is 0.316 e. The first-order valence-electron chi connectivity index (χ1n) is 8.11. The van der Waals surface area contributed by atoms with E-state index in [2.05, 4.69) is 27.1 Å². The van der Waals surface area contributed by atoms with E-state index in [1.54, 1.807) is 24.3 Å². The van der Waals surface area contributed by atoms with Gasteiger partial charge in [0.25, 0.3) is 0 Å². The summed E-state index contributed by atoms with van der Waals surface area (Å²) in [5.74, 6) is 0.130. The molecule has 0 unspecified atom stereocenters. The minimum Gasteiger partial charge on any atom is -0.351 e. The third-order valence-electron chi connectivity index (χ3n) is 3.70. The molecule has 8 heteroatoms. The zero-order valence-corrected chi connectivity index (χ0v) is 15.0. The number of urea groups is 1. The van der Waals surface area contributed by atoms with E-state index in [4.69, 9.17) is 5.73 Å². The third kappa shape index (κ3) is 4.15. The molecule has 4 N–H and O–H groups in total. The largest absolute Gasteiger partial charge is 0.351 e. The Balaban J connectivity index is 1.61. The Morgan fingerprint density at radius 3 is 2.38 bits per heavy atom. The molecule has 0 fully saturated rings. The number of rotatable bonds is 6. The number of carbonyl (C=O) groups is 2. The summed E-state index contributed by atoms with van der Waals surface area (Å²) < 4.78 is 2.09. The van der Waals surface area contributed by atoms with E-state index in [9.17, 15) is 9.59 Å². The van der Waals surface area contributed by atoms with Gasteiger partial charge in [0.15, 0.2) is 5.16 Å². The highest BCUT2D eigenvalue weighted by Gasteiger charge is 2.12. The molecule has 0 radical (unpaired) electrons. The molecule has 1 aromatic heterocycles. The number of benzene rings is 2. The molecule has 134 valence electrons. The average Bonchev–Trinajstić information content (AvgIpc) is 2.98. The lowest BCUT2D eigenvalue weighted by atomic mass is 10.3. The van der Waals surface area contributed by atoms with Gasteiger partial charge in [0.05, 0.1) is 16.8 Å². The van der Waals surface area contributed by atoms with Crippen LogP contribution >= 0.6 is 11.8 Å². The van der Waals surface area contributed by atoms with Crippen LogP contribution in [0, 0.1) is 0 Å². The fourth-order valence-electron chi connectivity index (χ4n) is 2.58. The van der Waals surface area contributed by atoms with E-state index >= 15 is 0 Å². The van der Waals surface area contributed by atoms with Crippen molar-refractivity contribution in [1.82, 2.24) is 9.55 Å². The van der Waals surface area contributed by atoms with Crippen LogP contribution in [0.2, 0.25) is 0 Å². The summed E-state index contributed by atoms with van der Waals surface area (Å²) >= 11 is 1.40. The monoisotopic (exact) mass is 369 g/mol. The highest BCUT2D eigenvalue weighted by molar-refractivity contribution is 7.99. The first kappa shape index (κ1) is 17.8. The average molecular weight is 369 g/mol. The molecule has 2 aromatic carbocycles. The summed E-state index contributed by atoms with van der Waals surface area (Å²) in [6.07, 6.45) is 0. The van der Waals surface area contributed by atoms with E-state index in [1.807, 2.05) is 24.3 Å². The number of para-hydroxylation sites is 2. The van der Waals surface area contributed by atoms with Gasteiger partial charge < -0.3 is 20.9 Å². The molecule has 0 spiro atoms. The third-order valence-corrected chi connectivity index (χ3v) is 4.68. The number of anilines is 2. The van der Waals surface area contributed by atoms with E-state index in [0.717, 1.165) is 22.7 Å². The number of carbonyl (C=O) groups excluding carboxylic acids is 2. The van der Waals surface area contributed by atoms with Gasteiger partial charge in [-0.25, -0.2) is 9.78 Å². The fraction of sp³-hybridized carbons (Fsp3) is 0.167. The minimum atomic E-state index is -0.628. The lowest BCUT2D eigenvalue weighted by molar-refractivity contribution is -0.113. The van der Waals surface area contributed by atoms with Gasteiger partial charge in [-0.05, 0) is 43.3 Å². The van der Waals surface area contributed by atoms with Crippen LogP contribution in [0.4, 0.5) is 16.2 Å². The zero-order valence-electron chi connectivity index (χ0n) is 14.2. The molecule has 0 aliphatic rings. The molecule has 0 saturated heterocycles. The molecule has 0 aliphatic carbocycles. The van der Waals surface area contributed by atoms with Crippen molar-refractivity contribution in [2.75, 3.05) is 16.4 Å². The van der Waals surface area contributed by atoms with Crippen LogP contribution in [0.5, 0.6) is 0 Å². The number of hydrogen-bond acceptors (Lipinski definition) is 4. The van der Waals surface area contributed by atoms with E-state index in [-0.39, 0.29) is 11.7 Å². The van der Waals surface area contributed by atoms with Crippen molar-refractivity contribution in [2.45, 2.75) is 18.6 Å². The summed E-state index contributed by atoms with van der Waals surface area (Å²) in [6, 6.07) is 14.0. The van der Waals surface area contributed by atoms with Crippen molar-refractivity contribution < 1.29 is 9.59 Å². The minimum absolute atomic E-state index is 0.125. The molecule has 1 heterocycles. The van der Waals surface area contributed by atoms with Crippen LogP contribution in [0.3, 0.4) is 0 Å². The summed E-state index contributed by atoms with van der Waals surface area (Å²) in [7, 11) is 0. The number of fused-ring (bicyclic) bond motifs is 1. The molecule has 26 heavy (non-hydrogen) atoms. The number of amides is 3. The number of nitrogens with two attached hydrogens (primary N) is 1. The molecule has 3 rings (SSSR count). The van der Waals surface area contributed by atoms with E-state index in [0.29, 0.717) is 11.4 Å². The Hall–Kier alpha value is -3.00. The van der Waals surface area contributed by atoms with Gasteiger partial charge >= 0.3 is 6.03 Å². The summed E-state index contributed by atoms with van der Waals surface area (Å²) in [5, 5.41) is 6.12. The predicted octanol–water partition coefficient (Wildman–Crippen LogP) is 3.28. The summed E-state index contributed by atoms with van der Waals surface area (Å²) in [6.45, 7) is 2.85. The lowest BCUT2D eigenvalue weighted by Crippen LogP contribution is -2.19. The van der Waals surface area contributed by atoms with Crippen molar-refractivity contribution in [3.05, 3.63) is 48.5 Å². The summed E-state index contributed by atoms with van der Waals surface area (Å²) in [5.41, 5.74) is 8.27. The molecular formula is C18H19N5O2S. The van der Waals surface area contributed by atoms with E-state index in [1.165, 1.54) is 11.8 Å². The van der Waals surface area contributed by atoms with Gasteiger partial charge in [0.2, 0.25) is 5.91 Å². The van der Waals surface area contributed by atoms with Crippen LogP contribution in [0.1, 0.15) is 6.92 Å². The highest BCUT2D eigenvalue weighted by atomic mass is 32.2. The van der Waals surface area contributed by atoms with Crippen molar-refractivity contribution in [3.8, 4) is 0 Å². The number of hydrogen-bond donors (Lipinski definition) is 3. The fourth-order valence-corrected chi connectivity index (χ4v) is 3.45. The van der Waals surface area contributed by atoms with Gasteiger partial charge in [-0.1, -0.05) is 23.9 Å². The van der Waals surface area contributed by atoms with Crippen LogP contribution in [-0.4, -0.2) is 27.2 Å². The zero-order chi connectivity index (χ0) is 18.5. The van der Waals surface area contributed by atoms with Crippen molar-refractivity contribution in [3.63, 3.8) is 0 Å². The standard InChI is InChI=1S/C18H19N5O2S/c1-2-23-15-6-4-3-5-14(15)22-18(23)26-11-16(24)20-12-7-9-13(10-8-12)21-17(19)25/h3-10H,2,11H2,1H3,(H,20,24)(H3,19,21,25). The number of nitrogens with one attached hydrogen (secondary N) is 2. The number of aryl methyl sites for hydroxylation is 1. The van der Waals surface area contributed by atoms with E-state index < -0.39 is 6.03 Å². The van der Waals surface area contributed by atoms with Gasteiger partial charge in [0.1, 0.15) is 0 Å². The second kappa shape index (κ2) is 7.92. The second-order valence-electron chi connectivity index (χ2n) is 5.53. The number of primary amides is 1. The van der Waals surface area contributed by atoms with Gasteiger partial charge in [0, 0.05) is 17.9 Å². The molecule has 0 bridgehead atoms. The Kier molecular flexibility index (Phi) is 5.43. The van der Waals surface area contributed by atoms with Crippen LogP contribution in [0.15, 0.2) is 53.7 Å². The summed E-state index contributed by atoms with van der Waals surface area (Å²) in [4.78, 5) is 27.6. The second-order valence-corrected chi connectivity index (χ2v) is 6.47. The van der Waals surface area contributed by atoms with Crippen molar-refractivity contribution in [2.24, 2.45) is 5.73 Å². The smallest absolute Gasteiger partial charge is 0.316 e. The molecule has 7 nitrogen and oxygen atoms in total. The maximum absolute atomic E-state index is 12.2.